The molecule has 4 aromatic rings. The number of aliphatic hydroxyl groups excluding tert-OH is 1. The number of aliphatic hydroxyl groups is 1. The number of hydrogen-bond donors (Lipinski definition) is 3. The summed E-state index contributed by atoms with van der Waals surface area (Å²) in [6.45, 7) is 4.04. The number of halogens is 3. The molecule has 0 radical (unpaired) electrons. The van der Waals surface area contributed by atoms with Gasteiger partial charge in [0.05, 0.1) is 19.3 Å². The number of alkyl halides is 3. The molecule has 4 N–H and O–H groups in total. The molecule has 2 aromatic carbocycles. The molecule has 0 saturated carbocycles. The first-order valence-electron chi connectivity index (χ1n) is 14.3. The summed E-state index contributed by atoms with van der Waals surface area (Å²) < 4.78 is 44.7. The van der Waals surface area contributed by atoms with E-state index < -0.39 is 23.7 Å². The Labute approximate surface area is 257 Å². The van der Waals surface area contributed by atoms with Gasteiger partial charge in [0.1, 0.15) is 5.69 Å². The van der Waals surface area contributed by atoms with E-state index in [9.17, 15) is 27.9 Å². The van der Waals surface area contributed by atoms with Crippen molar-refractivity contribution in [3.8, 4) is 11.1 Å². The third kappa shape index (κ3) is 7.30. The largest absolute Gasteiger partial charge is 0.433 e. The highest BCUT2D eigenvalue weighted by Crippen LogP contribution is 2.39. The minimum atomic E-state index is -4.63. The van der Waals surface area contributed by atoms with Gasteiger partial charge < -0.3 is 25.8 Å². The molecule has 1 saturated heterocycles. The van der Waals surface area contributed by atoms with E-state index in [4.69, 9.17) is 10.5 Å². The molecule has 0 unspecified atom stereocenters. The first-order valence-corrected chi connectivity index (χ1v) is 14.3. The second kappa shape index (κ2) is 13.4. The summed E-state index contributed by atoms with van der Waals surface area (Å²) in [4.78, 5) is 32.4. The third-order valence-corrected chi connectivity index (χ3v) is 7.90. The molecule has 0 bridgehead atoms. The Morgan fingerprint density at radius 1 is 1.04 bits per heavy atom. The number of fused-ring (bicyclic) bond motifs is 3. The third-order valence-electron chi connectivity index (χ3n) is 7.90. The van der Waals surface area contributed by atoms with Crippen LogP contribution in [-0.2, 0) is 17.3 Å². The van der Waals surface area contributed by atoms with Crippen LogP contribution in [0.5, 0.6) is 0 Å². The van der Waals surface area contributed by atoms with E-state index in [0.717, 1.165) is 47.6 Å². The van der Waals surface area contributed by atoms with Gasteiger partial charge in [-0.15, -0.1) is 0 Å². The number of morpholine rings is 1. The van der Waals surface area contributed by atoms with Crippen molar-refractivity contribution in [2.24, 2.45) is 11.7 Å². The van der Waals surface area contributed by atoms with Gasteiger partial charge in [-0.05, 0) is 78.1 Å². The summed E-state index contributed by atoms with van der Waals surface area (Å²) in [5.41, 5.74) is 9.87. The van der Waals surface area contributed by atoms with Crippen molar-refractivity contribution in [1.82, 2.24) is 9.97 Å². The van der Waals surface area contributed by atoms with E-state index in [1.165, 1.54) is 24.0 Å². The second-order valence-corrected chi connectivity index (χ2v) is 10.8. The van der Waals surface area contributed by atoms with E-state index in [0.29, 0.717) is 24.5 Å². The average molecular weight is 620 g/mol. The maximum atomic E-state index is 13.0. The van der Waals surface area contributed by atoms with Gasteiger partial charge in [-0.2, -0.15) is 13.2 Å². The lowest BCUT2D eigenvalue weighted by Crippen LogP contribution is -2.53. The molecule has 2 aromatic heterocycles. The lowest BCUT2D eigenvalue weighted by molar-refractivity contribution is -0.141. The zero-order valence-electron chi connectivity index (χ0n) is 24.4. The predicted octanol–water partition coefficient (Wildman–Crippen LogP) is 4.88. The number of ether oxygens (including phenoxy) is 1. The number of benzene rings is 2. The van der Waals surface area contributed by atoms with Crippen molar-refractivity contribution in [3.05, 3.63) is 107 Å². The highest BCUT2D eigenvalue weighted by Gasteiger charge is 2.36. The van der Waals surface area contributed by atoms with Crippen molar-refractivity contribution in [2.45, 2.75) is 25.6 Å². The fourth-order valence-electron chi connectivity index (χ4n) is 5.55. The fourth-order valence-corrected chi connectivity index (χ4v) is 5.55. The Morgan fingerprint density at radius 3 is 2.49 bits per heavy atom. The van der Waals surface area contributed by atoms with Gasteiger partial charge in [-0.25, -0.2) is 0 Å². The summed E-state index contributed by atoms with van der Waals surface area (Å²) in [6, 6.07) is 16.9. The molecule has 9 nitrogen and oxygen atoms in total. The highest BCUT2D eigenvalue weighted by molar-refractivity contribution is 6.04. The molecule has 0 aliphatic carbocycles. The van der Waals surface area contributed by atoms with Crippen LogP contribution in [0.15, 0.2) is 79.3 Å². The fraction of sp³-hybridized carbons (Fsp3) is 0.273. The molecule has 234 valence electrons. The van der Waals surface area contributed by atoms with E-state index in [1.54, 1.807) is 18.2 Å². The first-order chi connectivity index (χ1) is 21.5. The average Bonchev–Trinajstić information content (AvgIpc) is 3.05. The molecule has 2 atom stereocenters. The molecular formula is C33H32F3N5O4. The minimum Gasteiger partial charge on any atom is -0.396 e. The van der Waals surface area contributed by atoms with Crippen LogP contribution in [0.3, 0.4) is 0 Å². The Hall–Kier alpha value is -4.81. The van der Waals surface area contributed by atoms with Crippen molar-refractivity contribution in [3.63, 3.8) is 0 Å². The van der Waals surface area contributed by atoms with Gasteiger partial charge in [0, 0.05) is 60.2 Å². The minimum absolute atomic E-state index is 0.106. The van der Waals surface area contributed by atoms with Gasteiger partial charge in [0.25, 0.3) is 5.91 Å². The molecule has 6 rings (SSSR count). The van der Waals surface area contributed by atoms with Crippen molar-refractivity contribution >= 4 is 23.2 Å². The number of amides is 2. The molecular weight excluding hydrogens is 587 g/mol. The van der Waals surface area contributed by atoms with Crippen LogP contribution in [0.1, 0.15) is 37.5 Å². The van der Waals surface area contributed by atoms with Crippen LogP contribution in [0, 0.1) is 12.8 Å². The SMILES string of the molecule is Cc1ccc(NC(=O)c2ccnc(C(F)(F)F)c2)cc1-c1ccc2c(c1)N1CCOC[C@H]1[C@@H](CO)C2.NC(=O)c1ccncc1. The Balaban J connectivity index is 0.000000383. The molecule has 0 spiro atoms. The Bertz CT molecular complexity index is 1680. The lowest BCUT2D eigenvalue weighted by atomic mass is 9.84. The topological polar surface area (TPSA) is 131 Å². The number of pyridine rings is 2. The van der Waals surface area contributed by atoms with E-state index in [-0.39, 0.29) is 24.1 Å². The summed E-state index contributed by atoms with van der Waals surface area (Å²) in [5.74, 6) is -0.943. The van der Waals surface area contributed by atoms with Crippen LogP contribution in [-0.4, -0.2) is 59.3 Å². The normalized spacial score (nSPS) is 17.3. The summed E-state index contributed by atoms with van der Waals surface area (Å²) >= 11 is 0. The standard InChI is InChI=1S/C27H26F3N3O3.C6H6N2O/c1-16-2-5-21(32-26(35)19-6-7-31-25(12-19)27(28,29)30)13-22(16)17-3-4-18-10-20(14-34)24-15-36-9-8-33(24)23(18)11-17;7-6(9)5-1-3-8-4-2-5/h2-7,11-13,20,24,34H,8-10,14-15H2,1H3,(H,32,35);1-4H,(H2,7,9)/t20-,24+;/m1./s1. The van der Waals surface area contributed by atoms with Crippen LogP contribution >= 0.6 is 0 Å². The quantitative estimate of drug-likeness (QED) is 0.290. The molecule has 45 heavy (non-hydrogen) atoms. The smallest absolute Gasteiger partial charge is 0.396 e. The summed E-state index contributed by atoms with van der Waals surface area (Å²) in [6.07, 6.45) is 0.180. The van der Waals surface area contributed by atoms with Crippen molar-refractivity contribution < 1.29 is 32.6 Å². The van der Waals surface area contributed by atoms with Gasteiger partial charge in [-0.1, -0.05) is 18.2 Å². The number of carbonyl (C=O) groups is 2. The lowest BCUT2D eigenvalue weighted by Gasteiger charge is -2.46. The van der Waals surface area contributed by atoms with Gasteiger partial charge in [0.15, 0.2) is 0 Å². The molecule has 4 heterocycles. The molecule has 2 aliphatic heterocycles. The van der Waals surface area contributed by atoms with E-state index in [1.807, 2.05) is 25.1 Å². The zero-order valence-corrected chi connectivity index (χ0v) is 24.4. The first kappa shape index (κ1) is 31.6. The van der Waals surface area contributed by atoms with Crippen LogP contribution in [0.25, 0.3) is 11.1 Å². The van der Waals surface area contributed by atoms with E-state index >= 15 is 0 Å². The monoisotopic (exact) mass is 619 g/mol. The van der Waals surface area contributed by atoms with Crippen LogP contribution in [0.4, 0.5) is 24.5 Å². The number of hydrogen-bond acceptors (Lipinski definition) is 7. The Morgan fingerprint density at radius 2 is 1.80 bits per heavy atom. The van der Waals surface area contributed by atoms with Crippen molar-refractivity contribution in [2.75, 3.05) is 36.6 Å². The Kier molecular flexibility index (Phi) is 9.45. The molecule has 2 aliphatic rings. The van der Waals surface area contributed by atoms with Gasteiger partial charge >= 0.3 is 6.18 Å². The van der Waals surface area contributed by atoms with E-state index in [2.05, 4.69) is 32.3 Å². The number of nitrogens with two attached hydrogens (primary N) is 1. The predicted molar refractivity (Wildman–Crippen MR) is 163 cm³/mol. The summed E-state index contributed by atoms with van der Waals surface area (Å²) in [5, 5.41) is 12.6. The molecule has 2 amide bonds. The number of rotatable bonds is 5. The second-order valence-electron chi connectivity index (χ2n) is 10.8. The highest BCUT2D eigenvalue weighted by atomic mass is 19.4. The number of nitrogens with one attached hydrogen (secondary N) is 1. The number of primary amides is 1. The molecule has 12 heteroatoms. The van der Waals surface area contributed by atoms with Crippen LogP contribution < -0.4 is 16.0 Å². The maximum Gasteiger partial charge on any atom is 0.433 e. The maximum absolute atomic E-state index is 13.0. The van der Waals surface area contributed by atoms with Crippen molar-refractivity contribution in [1.29, 1.82) is 0 Å². The zero-order chi connectivity index (χ0) is 32.1. The number of anilines is 2. The number of aromatic nitrogens is 2. The number of carbonyl (C=O) groups excluding carboxylic acids is 2. The summed E-state index contributed by atoms with van der Waals surface area (Å²) in [7, 11) is 0. The van der Waals surface area contributed by atoms with Gasteiger partial charge in [0.2, 0.25) is 5.91 Å². The van der Waals surface area contributed by atoms with Gasteiger partial charge in [-0.3, -0.25) is 19.6 Å². The number of aryl methyl sites for hydroxylation is 1. The van der Waals surface area contributed by atoms with Crippen LogP contribution in [0.2, 0.25) is 0 Å². The molecule has 1 fully saturated rings. The number of nitrogens with zero attached hydrogens (tertiary/aromatic N) is 3.